The second kappa shape index (κ2) is 16.5. The molecule has 3 heterocycles. The minimum atomic E-state index is 0.429. The lowest BCUT2D eigenvalue weighted by Crippen LogP contribution is -1.99. The Morgan fingerprint density at radius 3 is 1.43 bits per heavy atom. The maximum absolute atomic E-state index is 8.49. The zero-order valence-electron chi connectivity index (χ0n) is 37.3. The van der Waals surface area contributed by atoms with E-state index in [4.69, 9.17) is 29.7 Å². The molecule has 0 aliphatic carbocycles. The summed E-state index contributed by atoms with van der Waals surface area (Å²) in [5.41, 5.74) is 16.6. The van der Waals surface area contributed by atoms with Crippen LogP contribution in [0.5, 0.6) is 0 Å². The summed E-state index contributed by atoms with van der Waals surface area (Å²) >= 11 is 0. The molecule has 9 aromatic carbocycles. The van der Waals surface area contributed by atoms with Crippen molar-refractivity contribution >= 4 is 60.7 Å². The fourth-order valence-electron chi connectivity index (χ4n) is 9.94. The Labute approximate surface area is 398 Å². The summed E-state index contributed by atoms with van der Waals surface area (Å²) in [4.78, 5) is 21.5. The van der Waals surface area contributed by atoms with Crippen molar-refractivity contribution < 1.29 is 0 Å². The van der Waals surface area contributed by atoms with E-state index in [1.54, 1.807) is 12.1 Å². The van der Waals surface area contributed by atoms with Crippen molar-refractivity contribution in [3.8, 4) is 67.5 Å². The average molecular weight is 880 g/mol. The molecule has 0 radical (unpaired) electrons. The van der Waals surface area contributed by atoms with Gasteiger partial charge in [0.2, 0.25) is 5.69 Å². The highest BCUT2D eigenvalue weighted by Gasteiger charge is 2.21. The second-order valence-electron chi connectivity index (χ2n) is 17.1. The Morgan fingerprint density at radius 2 is 0.826 bits per heavy atom. The van der Waals surface area contributed by atoms with Gasteiger partial charge in [-0.3, -0.25) is 0 Å². The second-order valence-corrected chi connectivity index (χ2v) is 17.1. The number of para-hydroxylation sites is 5. The van der Waals surface area contributed by atoms with Gasteiger partial charge in [-0.05, 0) is 83.3 Å². The fourth-order valence-corrected chi connectivity index (χ4v) is 9.94. The molecule has 12 rings (SSSR count). The van der Waals surface area contributed by atoms with Crippen LogP contribution in [0.15, 0.2) is 206 Å². The SMILES string of the molecule is [C-]#[N+]c1ccccc1-c1cc(-c2ccc(-c3ccc(-c4cc(C)c(-n5c6ccccc6c6cc(-n7c8ccccc8c8ccccc87)ccc65)c([N+]#[C-])c4)cc3)cc2)nc(-c2ccccc2[N+]#[C-])n1. The van der Waals surface area contributed by atoms with Crippen molar-refractivity contribution in [3.63, 3.8) is 0 Å². The zero-order valence-corrected chi connectivity index (χ0v) is 37.3. The third kappa shape index (κ3) is 6.80. The van der Waals surface area contributed by atoms with E-state index in [-0.39, 0.29) is 0 Å². The Bertz CT molecular complexity index is 4040. The quantitative estimate of drug-likeness (QED) is 0.150. The largest absolute Gasteiger partial charge is 0.319 e. The van der Waals surface area contributed by atoms with Gasteiger partial charge < -0.3 is 9.13 Å². The number of hydrogen-bond donors (Lipinski definition) is 0. The van der Waals surface area contributed by atoms with E-state index >= 15 is 0 Å². The van der Waals surface area contributed by atoms with Crippen LogP contribution in [0.1, 0.15) is 5.56 Å². The third-order valence-corrected chi connectivity index (χ3v) is 13.1. The molecule has 0 aliphatic rings. The molecule has 0 fully saturated rings. The number of nitrogens with zero attached hydrogens (tertiary/aromatic N) is 7. The first-order valence-corrected chi connectivity index (χ1v) is 22.6. The van der Waals surface area contributed by atoms with Crippen LogP contribution in [0.3, 0.4) is 0 Å². The number of rotatable bonds is 7. The molecule has 0 N–H and O–H groups in total. The minimum absolute atomic E-state index is 0.429. The predicted octanol–water partition coefficient (Wildman–Crippen LogP) is 17.0. The van der Waals surface area contributed by atoms with Gasteiger partial charge in [-0.2, -0.15) is 0 Å². The van der Waals surface area contributed by atoms with Gasteiger partial charge in [-0.25, -0.2) is 24.5 Å². The molecule has 0 amide bonds. The van der Waals surface area contributed by atoms with E-state index in [9.17, 15) is 0 Å². The first-order valence-electron chi connectivity index (χ1n) is 22.6. The van der Waals surface area contributed by atoms with Gasteiger partial charge in [0.05, 0.1) is 58.9 Å². The van der Waals surface area contributed by atoms with Crippen LogP contribution in [-0.4, -0.2) is 19.1 Å². The molecule has 69 heavy (non-hydrogen) atoms. The van der Waals surface area contributed by atoms with Crippen molar-refractivity contribution in [2.45, 2.75) is 6.92 Å². The maximum atomic E-state index is 8.49. The van der Waals surface area contributed by atoms with Gasteiger partial charge in [0.15, 0.2) is 11.4 Å². The van der Waals surface area contributed by atoms with E-state index < -0.39 is 0 Å². The summed E-state index contributed by atoms with van der Waals surface area (Å²) in [6.45, 7) is 26.2. The molecular weight excluding hydrogens is 843 g/mol. The lowest BCUT2D eigenvalue weighted by Gasteiger charge is -2.16. The summed E-state index contributed by atoms with van der Waals surface area (Å²) in [6.07, 6.45) is 0. The molecule has 3 aromatic heterocycles. The van der Waals surface area contributed by atoms with Gasteiger partial charge >= 0.3 is 0 Å². The fraction of sp³-hybridized carbons (Fsp3) is 0.0161. The average Bonchev–Trinajstić information content (AvgIpc) is 3.93. The van der Waals surface area contributed by atoms with Crippen molar-refractivity contribution in [2.75, 3.05) is 0 Å². The van der Waals surface area contributed by atoms with E-state index in [0.29, 0.717) is 45.4 Å². The standard InChI is InChI=1S/C62H37N7/c1-39-35-44(36-56(65-4)61(39)69-59-24-14-9-17-48(59)51-37-45(33-34-60(51)69)68-57-22-12-7-15-46(57)47-16-8-13-23-58(47)68)42-27-25-40(26-28-42)41-29-31-43(32-30-41)54-38-55(49-18-5-10-20-52(49)63-2)67-62(66-54)50-19-6-11-21-53(50)64-3/h5-38H,1H3. The van der Waals surface area contributed by atoms with Crippen molar-refractivity contribution in [2.24, 2.45) is 0 Å². The highest BCUT2D eigenvalue weighted by molar-refractivity contribution is 6.12. The van der Waals surface area contributed by atoms with Crippen LogP contribution in [0.4, 0.5) is 17.1 Å². The van der Waals surface area contributed by atoms with Crippen LogP contribution in [0.25, 0.3) is 126 Å². The molecular formula is C62H37N7. The van der Waals surface area contributed by atoms with Crippen molar-refractivity contribution in [3.05, 3.63) is 246 Å². The van der Waals surface area contributed by atoms with Crippen molar-refractivity contribution in [1.29, 1.82) is 0 Å². The topological polar surface area (TPSA) is 48.7 Å². The van der Waals surface area contributed by atoms with Gasteiger partial charge in [0.25, 0.3) is 0 Å². The van der Waals surface area contributed by atoms with Crippen LogP contribution >= 0.6 is 0 Å². The van der Waals surface area contributed by atoms with Crippen LogP contribution < -0.4 is 0 Å². The van der Waals surface area contributed by atoms with Crippen LogP contribution in [0.2, 0.25) is 0 Å². The van der Waals surface area contributed by atoms with Crippen molar-refractivity contribution in [1.82, 2.24) is 19.1 Å². The first-order chi connectivity index (χ1) is 34.0. The monoisotopic (exact) mass is 879 g/mol. The van der Waals surface area contributed by atoms with E-state index in [0.717, 1.165) is 66.6 Å². The normalized spacial score (nSPS) is 11.2. The number of aromatic nitrogens is 4. The number of benzene rings is 9. The Morgan fingerprint density at radius 1 is 0.362 bits per heavy atom. The highest BCUT2D eigenvalue weighted by atomic mass is 15.0. The van der Waals surface area contributed by atoms with E-state index in [1.807, 2.05) is 60.7 Å². The Balaban J connectivity index is 0.881. The Kier molecular flexibility index (Phi) is 9.73. The first kappa shape index (κ1) is 40.6. The molecule has 0 spiro atoms. The highest BCUT2D eigenvalue weighted by Crippen LogP contribution is 2.42. The molecule has 12 aromatic rings. The third-order valence-electron chi connectivity index (χ3n) is 13.1. The minimum Gasteiger partial charge on any atom is -0.319 e. The number of aryl methyl sites for hydroxylation is 1. The van der Waals surface area contributed by atoms with Gasteiger partial charge in [0.1, 0.15) is 5.82 Å². The maximum Gasteiger partial charge on any atom is 0.211 e. The molecule has 7 heteroatoms. The molecule has 0 atom stereocenters. The molecule has 0 bridgehead atoms. The van der Waals surface area contributed by atoms with E-state index in [1.165, 1.54) is 21.8 Å². The molecule has 320 valence electrons. The number of fused-ring (bicyclic) bond motifs is 6. The summed E-state index contributed by atoms with van der Waals surface area (Å²) in [5, 5.41) is 4.71. The molecule has 0 saturated heterocycles. The zero-order chi connectivity index (χ0) is 46.6. The lowest BCUT2D eigenvalue weighted by molar-refractivity contribution is 1.15. The van der Waals surface area contributed by atoms with Gasteiger partial charge in [-0.1, -0.05) is 158 Å². The van der Waals surface area contributed by atoms with Gasteiger partial charge in [0, 0.05) is 43.9 Å². The smallest absolute Gasteiger partial charge is 0.211 e. The van der Waals surface area contributed by atoms with Crippen LogP contribution in [0, 0.1) is 26.6 Å². The van der Waals surface area contributed by atoms with Gasteiger partial charge in [-0.15, -0.1) is 0 Å². The molecule has 0 aliphatic heterocycles. The molecule has 7 nitrogen and oxygen atoms in total. The summed E-state index contributed by atoms with van der Waals surface area (Å²) < 4.78 is 4.62. The molecule has 0 saturated carbocycles. The lowest BCUT2D eigenvalue weighted by atomic mass is 9.97. The number of hydrogen-bond acceptors (Lipinski definition) is 2. The molecule has 0 unspecified atom stereocenters. The summed E-state index contributed by atoms with van der Waals surface area (Å²) in [5.74, 6) is 0.429. The summed E-state index contributed by atoms with van der Waals surface area (Å²) in [7, 11) is 0. The van der Waals surface area contributed by atoms with E-state index in [2.05, 4.69) is 164 Å². The summed E-state index contributed by atoms with van der Waals surface area (Å²) in [6, 6.07) is 70.0. The predicted molar refractivity (Wildman–Crippen MR) is 281 cm³/mol. The van der Waals surface area contributed by atoms with Crippen LogP contribution in [-0.2, 0) is 0 Å². The Hall–Kier alpha value is -9.87.